The normalized spacial score (nSPS) is 13.4. The number of rotatable bonds is 6. The van der Waals surface area contributed by atoms with E-state index in [1.807, 2.05) is 24.0 Å². The molecule has 0 saturated heterocycles. The summed E-state index contributed by atoms with van der Waals surface area (Å²) in [5.74, 6) is 1.38. The first-order valence-corrected chi connectivity index (χ1v) is 9.21. The number of H-pyrrole nitrogens is 2. The second-order valence-electron chi connectivity index (χ2n) is 6.92. The van der Waals surface area contributed by atoms with E-state index in [1.54, 1.807) is 12.3 Å². The third-order valence-electron chi connectivity index (χ3n) is 4.86. The Morgan fingerprint density at radius 3 is 2.89 bits per heavy atom. The van der Waals surface area contributed by atoms with Gasteiger partial charge in [0.1, 0.15) is 11.5 Å². The fourth-order valence-electron chi connectivity index (χ4n) is 3.36. The van der Waals surface area contributed by atoms with Crippen LogP contribution in [0.2, 0.25) is 0 Å². The highest BCUT2D eigenvalue weighted by atomic mass is 16.3. The number of carbonyl (C=O) groups excluding carboxylic acids is 2. The van der Waals surface area contributed by atoms with Crippen molar-refractivity contribution in [2.24, 2.45) is 0 Å². The van der Waals surface area contributed by atoms with Gasteiger partial charge in [0.2, 0.25) is 11.8 Å². The van der Waals surface area contributed by atoms with Crippen LogP contribution >= 0.6 is 0 Å². The Morgan fingerprint density at radius 1 is 1.25 bits per heavy atom. The summed E-state index contributed by atoms with van der Waals surface area (Å²) in [6, 6.07) is 5.46. The van der Waals surface area contributed by atoms with E-state index in [0.29, 0.717) is 31.8 Å². The quantitative estimate of drug-likeness (QED) is 0.588. The number of hydrogen-bond acceptors (Lipinski definition) is 5. The molecule has 9 nitrogen and oxygen atoms in total. The van der Waals surface area contributed by atoms with E-state index < -0.39 is 0 Å². The number of amides is 2. The standard InChI is InChI=1S/C19H22N6O3/c1-12-2-3-14(28-12)9-19(27)25-7-5-16-15(11-25)17(24-23-16)10-20-18(26)8-13-4-6-21-22-13/h2-4,6H,5,7-11H2,1H3,(H,20,26)(H,21,22)(H,23,24). The summed E-state index contributed by atoms with van der Waals surface area (Å²) in [6.45, 7) is 3.30. The van der Waals surface area contributed by atoms with Gasteiger partial charge in [-0.2, -0.15) is 10.2 Å². The third-order valence-corrected chi connectivity index (χ3v) is 4.86. The van der Waals surface area contributed by atoms with Crippen molar-refractivity contribution < 1.29 is 14.0 Å². The van der Waals surface area contributed by atoms with Crippen molar-refractivity contribution in [3.63, 3.8) is 0 Å². The van der Waals surface area contributed by atoms with Gasteiger partial charge in [-0.05, 0) is 25.1 Å². The lowest BCUT2D eigenvalue weighted by Gasteiger charge is -2.27. The number of aromatic amines is 2. The molecule has 0 aliphatic carbocycles. The molecule has 28 heavy (non-hydrogen) atoms. The topological polar surface area (TPSA) is 120 Å². The SMILES string of the molecule is Cc1ccc(CC(=O)N2CCc3[nH]nc(CNC(=O)Cc4ccn[nH]4)c3C2)o1. The maximum atomic E-state index is 12.6. The molecule has 3 aromatic rings. The molecule has 0 aromatic carbocycles. The van der Waals surface area contributed by atoms with Crippen molar-refractivity contribution in [3.05, 3.63) is 58.6 Å². The largest absolute Gasteiger partial charge is 0.466 e. The minimum absolute atomic E-state index is 0.0235. The van der Waals surface area contributed by atoms with Crippen molar-refractivity contribution in [3.8, 4) is 0 Å². The van der Waals surface area contributed by atoms with Crippen LogP contribution in [-0.4, -0.2) is 43.7 Å². The van der Waals surface area contributed by atoms with Gasteiger partial charge in [0, 0.05) is 42.7 Å². The number of fused-ring (bicyclic) bond motifs is 1. The Kier molecular flexibility index (Phi) is 4.96. The zero-order valence-electron chi connectivity index (χ0n) is 15.6. The highest BCUT2D eigenvalue weighted by Crippen LogP contribution is 2.21. The summed E-state index contributed by atoms with van der Waals surface area (Å²) in [6.07, 6.45) is 2.81. The molecular weight excluding hydrogens is 360 g/mol. The molecule has 3 N–H and O–H groups in total. The van der Waals surface area contributed by atoms with E-state index >= 15 is 0 Å². The Balaban J connectivity index is 1.36. The molecule has 0 atom stereocenters. The minimum Gasteiger partial charge on any atom is -0.466 e. The molecular formula is C19H22N6O3. The first-order chi connectivity index (χ1) is 13.6. The Morgan fingerprint density at radius 2 is 2.14 bits per heavy atom. The van der Waals surface area contributed by atoms with Gasteiger partial charge >= 0.3 is 0 Å². The fourth-order valence-corrected chi connectivity index (χ4v) is 3.36. The maximum Gasteiger partial charge on any atom is 0.230 e. The van der Waals surface area contributed by atoms with Gasteiger partial charge in [0.15, 0.2) is 0 Å². The van der Waals surface area contributed by atoms with Crippen LogP contribution in [0.3, 0.4) is 0 Å². The lowest BCUT2D eigenvalue weighted by molar-refractivity contribution is -0.131. The van der Waals surface area contributed by atoms with Crippen molar-refractivity contribution in [2.75, 3.05) is 6.54 Å². The number of hydrogen-bond donors (Lipinski definition) is 3. The molecule has 9 heteroatoms. The summed E-state index contributed by atoms with van der Waals surface area (Å²) in [5.41, 5.74) is 3.53. The Hall–Kier alpha value is -3.36. The first kappa shape index (κ1) is 18.0. The molecule has 0 unspecified atom stereocenters. The molecule has 3 aromatic heterocycles. The number of furan rings is 1. The molecule has 0 saturated carbocycles. The smallest absolute Gasteiger partial charge is 0.230 e. The van der Waals surface area contributed by atoms with Crippen LogP contribution in [0.5, 0.6) is 0 Å². The second kappa shape index (κ2) is 7.71. The lowest BCUT2D eigenvalue weighted by Crippen LogP contribution is -2.37. The maximum absolute atomic E-state index is 12.6. The zero-order valence-corrected chi connectivity index (χ0v) is 15.6. The highest BCUT2D eigenvalue weighted by molar-refractivity contribution is 5.79. The van der Waals surface area contributed by atoms with E-state index in [0.717, 1.165) is 28.4 Å². The van der Waals surface area contributed by atoms with Crippen LogP contribution < -0.4 is 5.32 Å². The Labute approximate surface area is 161 Å². The van der Waals surface area contributed by atoms with Gasteiger partial charge < -0.3 is 14.6 Å². The molecule has 4 rings (SSSR count). The van der Waals surface area contributed by atoms with E-state index in [1.165, 1.54) is 0 Å². The number of aromatic nitrogens is 4. The monoisotopic (exact) mass is 382 g/mol. The molecule has 0 radical (unpaired) electrons. The predicted octanol–water partition coefficient (Wildman–Crippen LogP) is 1.02. The van der Waals surface area contributed by atoms with Gasteiger partial charge in [0.05, 0.1) is 25.1 Å². The van der Waals surface area contributed by atoms with E-state index in [-0.39, 0.29) is 24.7 Å². The van der Waals surface area contributed by atoms with Crippen LogP contribution in [0.1, 0.15) is 34.2 Å². The molecule has 1 aliphatic heterocycles. The number of nitrogens with zero attached hydrogens (tertiary/aromatic N) is 3. The van der Waals surface area contributed by atoms with Gasteiger partial charge in [-0.25, -0.2) is 0 Å². The van der Waals surface area contributed by atoms with Gasteiger partial charge in [0.25, 0.3) is 0 Å². The van der Waals surface area contributed by atoms with Gasteiger partial charge in [-0.1, -0.05) is 0 Å². The summed E-state index contributed by atoms with van der Waals surface area (Å²) >= 11 is 0. The predicted molar refractivity (Wildman–Crippen MR) is 99.0 cm³/mol. The fraction of sp³-hybridized carbons (Fsp3) is 0.368. The number of carbonyl (C=O) groups is 2. The molecule has 0 spiro atoms. The molecule has 1 aliphatic rings. The lowest BCUT2D eigenvalue weighted by atomic mass is 10.0. The van der Waals surface area contributed by atoms with Crippen molar-refractivity contribution >= 4 is 11.8 Å². The van der Waals surface area contributed by atoms with Crippen LogP contribution in [-0.2, 0) is 41.9 Å². The zero-order chi connectivity index (χ0) is 19.5. The summed E-state index contributed by atoms with van der Waals surface area (Å²) in [5, 5.41) is 16.8. The summed E-state index contributed by atoms with van der Waals surface area (Å²) in [7, 11) is 0. The van der Waals surface area contributed by atoms with Crippen molar-refractivity contribution in [2.45, 2.75) is 39.3 Å². The van der Waals surface area contributed by atoms with Crippen molar-refractivity contribution in [1.29, 1.82) is 0 Å². The van der Waals surface area contributed by atoms with Gasteiger partial charge in [-0.15, -0.1) is 0 Å². The Bertz CT molecular complexity index is 972. The minimum atomic E-state index is -0.113. The molecule has 0 fully saturated rings. The van der Waals surface area contributed by atoms with E-state index in [2.05, 4.69) is 25.7 Å². The van der Waals surface area contributed by atoms with Crippen LogP contribution in [0.25, 0.3) is 0 Å². The highest BCUT2D eigenvalue weighted by Gasteiger charge is 2.25. The molecule has 2 amide bonds. The number of aryl methyl sites for hydroxylation is 1. The summed E-state index contributed by atoms with van der Waals surface area (Å²) < 4.78 is 5.51. The third kappa shape index (κ3) is 3.98. The van der Waals surface area contributed by atoms with E-state index in [9.17, 15) is 9.59 Å². The molecule has 0 bridgehead atoms. The van der Waals surface area contributed by atoms with E-state index in [4.69, 9.17) is 4.42 Å². The molecule has 146 valence electrons. The number of nitrogens with one attached hydrogen (secondary N) is 3. The average molecular weight is 382 g/mol. The van der Waals surface area contributed by atoms with Crippen LogP contribution in [0.4, 0.5) is 0 Å². The van der Waals surface area contributed by atoms with Crippen LogP contribution in [0.15, 0.2) is 28.8 Å². The average Bonchev–Trinajstić information content (AvgIpc) is 3.41. The first-order valence-electron chi connectivity index (χ1n) is 9.21. The summed E-state index contributed by atoms with van der Waals surface area (Å²) in [4.78, 5) is 26.5. The second-order valence-corrected chi connectivity index (χ2v) is 6.92. The van der Waals surface area contributed by atoms with Crippen LogP contribution in [0, 0.1) is 6.92 Å². The molecule has 4 heterocycles. The van der Waals surface area contributed by atoms with Gasteiger partial charge in [-0.3, -0.25) is 19.8 Å². The van der Waals surface area contributed by atoms with Crippen molar-refractivity contribution in [1.82, 2.24) is 30.6 Å².